The minimum atomic E-state index is -3.54. The SMILES string of the molecule is CS(=O)(=O)NC(=O)CSc1nccc(-c2ccccn2)n1. The number of nitrogens with zero attached hydrogens (tertiary/aromatic N) is 3. The quantitative estimate of drug-likeness (QED) is 0.638. The van der Waals surface area contributed by atoms with Crippen LogP contribution in [0.2, 0.25) is 0 Å². The predicted molar refractivity (Wildman–Crippen MR) is 79.0 cm³/mol. The minimum absolute atomic E-state index is 0.0846. The molecule has 0 saturated heterocycles. The van der Waals surface area contributed by atoms with E-state index in [9.17, 15) is 13.2 Å². The summed E-state index contributed by atoms with van der Waals surface area (Å²) in [5, 5.41) is 0.377. The zero-order valence-electron chi connectivity index (χ0n) is 11.1. The highest BCUT2D eigenvalue weighted by Crippen LogP contribution is 2.17. The average Bonchev–Trinajstić information content (AvgIpc) is 2.45. The predicted octanol–water partition coefficient (Wildman–Crippen LogP) is 0.706. The van der Waals surface area contributed by atoms with Crippen LogP contribution in [0.1, 0.15) is 0 Å². The number of pyridine rings is 1. The molecule has 110 valence electrons. The van der Waals surface area contributed by atoms with E-state index in [1.54, 1.807) is 24.5 Å². The Morgan fingerprint density at radius 2 is 2.00 bits per heavy atom. The number of hydrogen-bond acceptors (Lipinski definition) is 7. The van der Waals surface area contributed by atoms with E-state index in [0.29, 0.717) is 16.5 Å². The van der Waals surface area contributed by atoms with Crippen LogP contribution in [0.4, 0.5) is 0 Å². The fourth-order valence-electron chi connectivity index (χ4n) is 1.43. The molecule has 0 bridgehead atoms. The molecular formula is C12H12N4O3S2. The summed E-state index contributed by atoms with van der Waals surface area (Å²) in [6, 6.07) is 7.17. The molecule has 2 aromatic heterocycles. The standard InChI is InChI=1S/C12H12N4O3S2/c1-21(18,19)16-11(17)8-20-12-14-7-5-10(15-12)9-4-2-3-6-13-9/h2-7H,8H2,1H3,(H,16,17). The van der Waals surface area contributed by atoms with Crippen molar-refractivity contribution in [2.75, 3.05) is 12.0 Å². The molecule has 0 spiro atoms. The van der Waals surface area contributed by atoms with Crippen LogP contribution in [-0.2, 0) is 14.8 Å². The summed E-state index contributed by atoms with van der Waals surface area (Å²) in [6.45, 7) is 0. The van der Waals surface area contributed by atoms with Gasteiger partial charge in [0.15, 0.2) is 5.16 Å². The first-order valence-corrected chi connectivity index (χ1v) is 8.69. The van der Waals surface area contributed by atoms with Gasteiger partial charge in [-0.2, -0.15) is 0 Å². The molecule has 7 nitrogen and oxygen atoms in total. The summed E-state index contributed by atoms with van der Waals surface area (Å²) < 4.78 is 23.7. The third-order valence-corrected chi connectivity index (χ3v) is 3.65. The second-order valence-electron chi connectivity index (χ2n) is 4.03. The number of nitrogens with one attached hydrogen (secondary N) is 1. The first-order chi connectivity index (χ1) is 9.94. The summed E-state index contributed by atoms with van der Waals surface area (Å²) >= 11 is 1.05. The molecule has 1 amide bonds. The van der Waals surface area contributed by atoms with Crippen molar-refractivity contribution in [2.45, 2.75) is 5.16 Å². The summed E-state index contributed by atoms with van der Waals surface area (Å²) in [5.74, 6) is -0.701. The number of hydrogen-bond donors (Lipinski definition) is 1. The maximum absolute atomic E-state index is 11.4. The third-order valence-electron chi connectivity index (χ3n) is 2.19. The Kier molecular flexibility index (Phi) is 4.86. The Bertz CT molecular complexity index is 735. The van der Waals surface area contributed by atoms with Crippen molar-refractivity contribution in [1.29, 1.82) is 0 Å². The van der Waals surface area contributed by atoms with Gasteiger partial charge in [-0.1, -0.05) is 17.8 Å². The van der Waals surface area contributed by atoms with E-state index in [2.05, 4.69) is 15.0 Å². The van der Waals surface area contributed by atoms with Crippen molar-refractivity contribution in [3.63, 3.8) is 0 Å². The lowest BCUT2D eigenvalue weighted by Gasteiger charge is -2.03. The molecule has 0 aromatic carbocycles. The van der Waals surface area contributed by atoms with Crippen LogP contribution in [0, 0.1) is 0 Å². The molecule has 21 heavy (non-hydrogen) atoms. The van der Waals surface area contributed by atoms with Crippen LogP contribution >= 0.6 is 11.8 Å². The molecule has 0 aliphatic heterocycles. The summed E-state index contributed by atoms with van der Waals surface area (Å²) in [4.78, 5) is 23.9. The van der Waals surface area contributed by atoms with Crippen LogP contribution in [0.15, 0.2) is 41.8 Å². The van der Waals surface area contributed by atoms with Gasteiger partial charge in [-0.25, -0.2) is 18.4 Å². The van der Waals surface area contributed by atoms with E-state index in [0.717, 1.165) is 18.0 Å². The highest BCUT2D eigenvalue weighted by atomic mass is 32.2. The van der Waals surface area contributed by atoms with E-state index < -0.39 is 15.9 Å². The molecule has 2 aromatic rings. The topological polar surface area (TPSA) is 102 Å². The van der Waals surface area contributed by atoms with Gasteiger partial charge in [-0.3, -0.25) is 14.5 Å². The molecule has 2 heterocycles. The monoisotopic (exact) mass is 324 g/mol. The van der Waals surface area contributed by atoms with E-state index in [1.165, 1.54) is 0 Å². The van der Waals surface area contributed by atoms with Crippen molar-refractivity contribution in [3.8, 4) is 11.4 Å². The summed E-state index contributed by atoms with van der Waals surface area (Å²) in [6.07, 6.45) is 4.14. The van der Waals surface area contributed by atoms with Crippen LogP contribution in [0.3, 0.4) is 0 Å². The first kappa shape index (κ1) is 15.4. The number of carbonyl (C=O) groups is 1. The Labute approximate surface area is 126 Å². The maximum Gasteiger partial charge on any atom is 0.243 e. The molecule has 0 aliphatic carbocycles. The smallest absolute Gasteiger partial charge is 0.243 e. The Hall–Kier alpha value is -2.00. The lowest BCUT2D eigenvalue weighted by atomic mass is 10.3. The van der Waals surface area contributed by atoms with E-state index in [4.69, 9.17) is 0 Å². The van der Waals surface area contributed by atoms with Gasteiger partial charge in [0, 0.05) is 12.4 Å². The molecule has 9 heteroatoms. The second kappa shape index (κ2) is 6.64. The summed E-state index contributed by atoms with van der Waals surface area (Å²) in [5.41, 5.74) is 1.33. The van der Waals surface area contributed by atoms with E-state index >= 15 is 0 Å². The zero-order chi connectivity index (χ0) is 15.3. The van der Waals surface area contributed by atoms with Crippen LogP contribution in [0.5, 0.6) is 0 Å². The fourth-order valence-corrected chi connectivity index (χ4v) is 2.64. The molecular weight excluding hydrogens is 312 g/mol. The normalized spacial score (nSPS) is 11.1. The van der Waals surface area contributed by atoms with Gasteiger partial charge in [-0.15, -0.1) is 0 Å². The summed E-state index contributed by atoms with van der Waals surface area (Å²) in [7, 11) is -3.54. The van der Waals surface area contributed by atoms with E-state index in [-0.39, 0.29) is 5.75 Å². The van der Waals surface area contributed by atoms with E-state index in [1.807, 2.05) is 16.9 Å². The van der Waals surface area contributed by atoms with Crippen LogP contribution in [0.25, 0.3) is 11.4 Å². The molecule has 0 atom stereocenters. The molecule has 0 saturated carbocycles. The van der Waals surface area contributed by atoms with Gasteiger partial charge in [0.05, 0.1) is 23.4 Å². The van der Waals surface area contributed by atoms with Crippen molar-refractivity contribution in [2.24, 2.45) is 0 Å². The van der Waals surface area contributed by atoms with Gasteiger partial charge < -0.3 is 0 Å². The number of rotatable bonds is 5. The van der Waals surface area contributed by atoms with Gasteiger partial charge in [0.1, 0.15) is 0 Å². The number of carbonyl (C=O) groups excluding carboxylic acids is 1. The van der Waals surface area contributed by atoms with Gasteiger partial charge in [0.25, 0.3) is 0 Å². The minimum Gasteiger partial charge on any atom is -0.273 e. The van der Waals surface area contributed by atoms with Crippen molar-refractivity contribution in [1.82, 2.24) is 19.7 Å². The number of sulfonamides is 1. The molecule has 0 fully saturated rings. The van der Waals surface area contributed by atoms with Gasteiger partial charge in [-0.05, 0) is 18.2 Å². The second-order valence-corrected chi connectivity index (χ2v) is 6.72. The Balaban J connectivity index is 2.04. The highest BCUT2D eigenvalue weighted by Gasteiger charge is 2.10. The maximum atomic E-state index is 11.4. The fraction of sp³-hybridized carbons (Fsp3) is 0.167. The third kappa shape index (κ3) is 5.12. The molecule has 1 N–H and O–H groups in total. The Morgan fingerprint density at radius 3 is 2.67 bits per heavy atom. The number of thioether (sulfide) groups is 1. The van der Waals surface area contributed by atoms with Crippen LogP contribution in [-0.4, -0.2) is 41.3 Å². The first-order valence-electron chi connectivity index (χ1n) is 5.82. The number of aromatic nitrogens is 3. The molecule has 0 aliphatic rings. The average molecular weight is 324 g/mol. The molecule has 0 radical (unpaired) electrons. The van der Waals surface area contributed by atoms with Gasteiger partial charge in [0.2, 0.25) is 15.9 Å². The lowest BCUT2D eigenvalue weighted by Crippen LogP contribution is -2.30. The zero-order valence-corrected chi connectivity index (χ0v) is 12.7. The van der Waals surface area contributed by atoms with Gasteiger partial charge >= 0.3 is 0 Å². The molecule has 2 rings (SSSR count). The van der Waals surface area contributed by atoms with Crippen molar-refractivity contribution >= 4 is 27.7 Å². The number of amides is 1. The van der Waals surface area contributed by atoms with Crippen LogP contribution < -0.4 is 4.72 Å². The molecule has 0 unspecified atom stereocenters. The van der Waals surface area contributed by atoms with Crippen molar-refractivity contribution < 1.29 is 13.2 Å². The Morgan fingerprint density at radius 1 is 1.19 bits per heavy atom. The van der Waals surface area contributed by atoms with Crippen molar-refractivity contribution in [3.05, 3.63) is 36.7 Å². The lowest BCUT2D eigenvalue weighted by molar-refractivity contribution is -0.116. The largest absolute Gasteiger partial charge is 0.273 e. The highest BCUT2D eigenvalue weighted by molar-refractivity contribution is 8.00.